The summed E-state index contributed by atoms with van der Waals surface area (Å²) in [5.74, 6) is 4.94. The van der Waals surface area contributed by atoms with E-state index < -0.39 is 5.97 Å². The molecule has 3 N–H and O–H groups in total. The molecule has 1 rings (SSSR count). The third kappa shape index (κ3) is 4.67. The maximum Gasteiger partial charge on any atom is 0.328 e. The van der Waals surface area contributed by atoms with Gasteiger partial charge < -0.3 is 20.3 Å². The van der Waals surface area contributed by atoms with Gasteiger partial charge in [0.05, 0.1) is 12.7 Å². The van der Waals surface area contributed by atoms with E-state index in [1.807, 2.05) is 7.05 Å². The van der Waals surface area contributed by atoms with E-state index in [0.29, 0.717) is 17.5 Å². The molecule has 5 heteroatoms. The Kier molecular flexibility index (Phi) is 6.14. The van der Waals surface area contributed by atoms with E-state index in [4.69, 9.17) is 9.84 Å². The van der Waals surface area contributed by atoms with Crippen LogP contribution in [-0.2, 0) is 4.79 Å². The smallest absolute Gasteiger partial charge is 0.328 e. The molecular formula is C15H17NO4. The molecule has 0 aliphatic carbocycles. The molecule has 0 amide bonds. The first-order valence-corrected chi connectivity index (χ1v) is 6.04. The summed E-state index contributed by atoms with van der Waals surface area (Å²) in [6.07, 6.45) is 3.08. The van der Waals surface area contributed by atoms with Crippen LogP contribution < -0.4 is 10.1 Å². The first-order valence-electron chi connectivity index (χ1n) is 6.04. The molecule has 0 unspecified atom stereocenters. The molecule has 5 nitrogen and oxygen atoms in total. The van der Waals surface area contributed by atoms with Gasteiger partial charge in [-0.2, -0.15) is 0 Å². The van der Waals surface area contributed by atoms with Crippen molar-refractivity contribution in [3.63, 3.8) is 0 Å². The zero-order chi connectivity index (χ0) is 15.0. The lowest BCUT2D eigenvalue weighted by Gasteiger charge is -2.06. The van der Waals surface area contributed by atoms with Crippen molar-refractivity contribution in [2.24, 2.45) is 0 Å². The number of benzene rings is 1. The van der Waals surface area contributed by atoms with Crippen molar-refractivity contribution in [3.8, 4) is 23.3 Å². The Balaban J connectivity index is 3.10. The minimum Gasteiger partial charge on any atom is -0.503 e. The van der Waals surface area contributed by atoms with Crippen molar-refractivity contribution in [1.82, 2.24) is 5.32 Å². The van der Waals surface area contributed by atoms with Gasteiger partial charge in [0.2, 0.25) is 0 Å². The largest absolute Gasteiger partial charge is 0.503 e. The van der Waals surface area contributed by atoms with Gasteiger partial charge in [0, 0.05) is 19.0 Å². The molecule has 0 radical (unpaired) electrons. The monoisotopic (exact) mass is 275 g/mol. The van der Waals surface area contributed by atoms with E-state index in [2.05, 4.69) is 17.2 Å². The molecule has 0 bridgehead atoms. The maximum atomic E-state index is 10.5. The summed E-state index contributed by atoms with van der Waals surface area (Å²) in [6.45, 7) is 0.753. The number of phenols is 1. The van der Waals surface area contributed by atoms with Crippen LogP contribution >= 0.6 is 0 Å². The lowest BCUT2D eigenvalue weighted by atomic mass is 10.1. The fraction of sp³-hybridized carbons (Fsp3) is 0.267. The summed E-state index contributed by atoms with van der Waals surface area (Å²) in [6, 6.07) is 3.16. The van der Waals surface area contributed by atoms with E-state index in [1.54, 1.807) is 12.1 Å². The van der Waals surface area contributed by atoms with Crippen molar-refractivity contribution < 1.29 is 19.7 Å². The predicted molar refractivity (Wildman–Crippen MR) is 76.8 cm³/mol. The van der Waals surface area contributed by atoms with E-state index in [-0.39, 0.29) is 11.5 Å². The maximum absolute atomic E-state index is 10.5. The van der Waals surface area contributed by atoms with E-state index in [1.165, 1.54) is 13.2 Å². The van der Waals surface area contributed by atoms with E-state index in [0.717, 1.165) is 12.6 Å². The van der Waals surface area contributed by atoms with Crippen LogP contribution in [-0.4, -0.2) is 36.9 Å². The first kappa shape index (κ1) is 15.6. The summed E-state index contributed by atoms with van der Waals surface area (Å²) in [5.41, 5.74) is 1.01. The SMILES string of the molecule is CNCCC#Cc1cc(C=CC(=O)O)cc(OC)c1O. The number of carboxylic acid groups (broad SMARTS) is 1. The number of aromatic hydroxyl groups is 1. The molecule has 0 aliphatic rings. The highest BCUT2D eigenvalue weighted by Gasteiger charge is 2.08. The number of carbonyl (C=O) groups is 1. The minimum atomic E-state index is -1.04. The van der Waals surface area contributed by atoms with Crippen molar-refractivity contribution in [1.29, 1.82) is 0 Å². The minimum absolute atomic E-state index is 0.0445. The van der Waals surface area contributed by atoms with Crippen LogP contribution in [0.4, 0.5) is 0 Å². The number of hydrogen-bond donors (Lipinski definition) is 3. The van der Waals surface area contributed by atoms with Crippen LogP contribution in [0.5, 0.6) is 11.5 Å². The second-order valence-electron chi connectivity index (χ2n) is 3.95. The molecular weight excluding hydrogens is 258 g/mol. The van der Waals surface area contributed by atoms with Gasteiger partial charge in [0.25, 0.3) is 0 Å². The highest BCUT2D eigenvalue weighted by molar-refractivity contribution is 5.85. The van der Waals surface area contributed by atoms with Crippen molar-refractivity contribution in [2.75, 3.05) is 20.7 Å². The summed E-state index contributed by atoms with van der Waals surface area (Å²) >= 11 is 0. The Morgan fingerprint density at radius 3 is 2.85 bits per heavy atom. The Labute approximate surface area is 117 Å². The Bertz CT molecular complexity index is 567. The number of carboxylic acids is 1. The third-order valence-electron chi connectivity index (χ3n) is 2.46. The Morgan fingerprint density at radius 1 is 1.50 bits per heavy atom. The summed E-state index contributed by atoms with van der Waals surface area (Å²) in [4.78, 5) is 10.5. The fourth-order valence-corrected chi connectivity index (χ4v) is 1.49. The highest BCUT2D eigenvalue weighted by Crippen LogP contribution is 2.31. The molecule has 1 aromatic rings. The van der Waals surface area contributed by atoms with Crippen molar-refractivity contribution >= 4 is 12.0 Å². The second-order valence-corrected chi connectivity index (χ2v) is 3.95. The van der Waals surface area contributed by atoms with Crippen LogP contribution in [0.2, 0.25) is 0 Å². The molecule has 0 saturated carbocycles. The zero-order valence-corrected chi connectivity index (χ0v) is 11.4. The Morgan fingerprint density at radius 2 is 2.25 bits per heavy atom. The number of rotatable bonds is 5. The van der Waals surface area contributed by atoms with Gasteiger partial charge in [0.15, 0.2) is 11.5 Å². The average molecular weight is 275 g/mol. The highest BCUT2D eigenvalue weighted by atomic mass is 16.5. The van der Waals surface area contributed by atoms with Gasteiger partial charge in [-0.1, -0.05) is 11.8 Å². The van der Waals surface area contributed by atoms with Crippen LogP contribution in [0, 0.1) is 11.8 Å². The van der Waals surface area contributed by atoms with Gasteiger partial charge in [-0.05, 0) is 30.8 Å². The van der Waals surface area contributed by atoms with Crippen LogP contribution in [0.3, 0.4) is 0 Å². The quantitative estimate of drug-likeness (QED) is 0.431. The number of aliphatic carboxylic acids is 1. The molecule has 0 aliphatic heterocycles. The molecule has 0 spiro atoms. The van der Waals surface area contributed by atoms with Crippen LogP contribution in [0.25, 0.3) is 6.08 Å². The Hall–Kier alpha value is -2.45. The third-order valence-corrected chi connectivity index (χ3v) is 2.46. The molecule has 0 heterocycles. The predicted octanol–water partition coefficient (Wildman–Crippen LogP) is 1.46. The molecule has 1 aromatic carbocycles. The normalized spacial score (nSPS) is 10.1. The van der Waals surface area contributed by atoms with Crippen LogP contribution in [0.15, 0.2) is 18.2 Å². The van der Waals surface area contributed by atoms with Gasteiger partial charge in [-0.25, -0.2) is 4.79 Å². The molecule has 20 heavy (non-hydrogen) atoms. The molecule has 106 valence electrons. The first-order chi connectivity index (χ1) is 9.58. The molecule has 0 saturated heterocycles. The van der Waals surface area contributed by atoms with E-state index >= 15 is 0 Å². The molecule has 0 atom stereocenters. The number of hydrogen-bond acceptors (Lipinski definition) is 4. The van der Waals surface area contributed by atoms with Crippen LogP contribution in [0.1, 0.15) is 17.5 Å². The number of nitrogens with one attached hydrogen (secondary N) is 1. The lowest BCUT2D eigenvalue weighted by molar-refractivity contribution is -0.131. The van der Waals surface area contributed by atoms with E-state index in [9.17, 15) is 9.90 Å². The fourth-order valence-electron chi connectivity index (χ4n) is 1.49. The van der Waals surface area contributed by atoms with Crippen molar-refractivity contribution in [2.45, 2.75) is 6.42 Å². The summed E-state index contributed by atoms with van der Waals surface area (Å²) in [5, 5.41) is 21.6. The van der Waals surface area contributed by atoms with Gasteiger partial charge in [0.1, 0.15) is 0 Å². The van der Waals surface area contributed by atoms with Gasteiger partial charge >= 0.3 is 5.97 Å². The topological polar surface area (TPSA) is 78.8 Å². The number of ether oxygens (including phenoxy) is 1. The zero-order valence-electron chi connectivity index (χ0n) is 11.4. The molecule has 0 aromatic heterocycles. The lowest BCUT2D eigenvalue weighted by Crippen LogP contribution is -2.05. The summed E-state index contributed by atoms with van der Waals surface area (Å²) in [7, 11) is 3.26. The average Bonchev–Trinajstić information content (AvgIpc) is 2.43. The van der Waals surface area contributed by atoms with Gasteiger partial charge in [-0.3, -0.25) is 0 Å². The number of methoxy groups -OCH3 is 1. The summed E-state index contributed by atoms with van der Waals surface area (Å²) < 4.78 is 5.05. The van der Waals surface area contributed by atoms with Gasteiger partial charge in [-0.15, -0.1) is 0 Å². The standard InChI is InChI=1S/C15H17NO4/c1-16-8-4-3-5-12-9-11(6-7-14(17)18)10-13(20-2)15(12)19/h6-7,9-10,16,19H,4,8H2,1-2H3,(H,17,18). The number of phenolic OH excluding ortho intramolecular Hbond substituents is 1. The molecule has 0 fully saturated rings. The second kappa shape index (κ2) is 7.87. The van der Waals surface area contributed by atoms with Crippen molar-refractivity contribution in [3.05, 3.63) is 29.3 Å².